The largest absolute Gasteiger partial charge is 0.359 e. The molecule has 0 saturated carbocycles. The van der Waals surface area contributed by atoms with Crippen molar-refractivity contribution in [2.75, 3.05) is 7.05 Å². The van der Waals surface area contributed by atoms with Gasteiger partial charge in [0.2, 0.25) is 5.91 Å². The van der Waals surface area contributed by atoms with Gasteiger partial charge in [-0.1, -0.05) is 0 Å². The summed E-state index contributed by atoms with van der Waals surface area (Å²) in [5.74, 6) is 1.35. The van der Waals surface area contributed by atoms with E-state index in [-0.39, 0.29) is 11.8 Å². The van der Waals surface area contributed by atoms with Gasteiger partial charge in [0.1, 0.15) is 5.82 Å². The highest BCUT2D eigenvalue weighted by Gasteiger charge is 2.23. The fourth-order valence-corrected chi connectivity index (χ4v) is 1.78. The van der Waals surface area contributed by atoms with Crippen molar-refractivity contribution < 1.29 is 4.79 Å². The fourth-order valence-electron chi connectivity index (χ4n) is 1.78. The van der Waals surface area contributed by atoms with Crippen LogP contribution in [0.4, 0.5) is 0 Å². The van der Waals surface area contributed by atoms with Gasteiger partial charge in [0.25, 0.3) is 0 Å². The molecule has 1 aromatic rings. The van der Waals surface area contributed by atoms with Crippen molar-refractivity contribution in [3.8, 4) is 0 Å². The quantitative estimate of drug-likeness (QED) is 0.669. The first-order valence-electron chi connectivity index (χ1n) is 4.53. The molecule has 1 atom stereocenters. The number of nitrogens with one attached hydrogen (secondary N) is 1. The average Bonchev–Trinajstić information content (AvgIpc) is 2.63. The highest BCUT2D eigenvalue weighted by Crippen LogP contribution is 2.18. The second kappa shape index (κ2) is 3.20. The standard InChI is InChI=1S/C9H13N3O/c1-10-9(13)7-2-3-8-11-4-5-12(8)6-7/h4-5,7H,2-3,6H2,1H3,(H,10,13). The highest BCUT2D eigenvalue weighted by atomic mass is 16.1. The lowest BCUT2D eigenvalue weighted by atomic mass is 9.99. The molecule has 2 heterocycles. The Labute approximate surface area is 77.0 Å². The van der Waals surface area contributed by atoms with Crippen LogP contribution in [-0.4, -0.2) is 22.5 Å². The summed E-state index contributed by atoms with van der Waals surface area (Å²) in [6.45, 7) is 0.773. The van der Waals surface area contributed by atoms with Crippen molar-refractivity contribution in [1.82, 2.24) is 14.9 Å². The summed E-state index contributed by atoms with van der Waals surface area (Å²) in [5.41, 5.74) is 0. The van der Waals surface area contributed by atoms with E-state index in [9.17, 15) is 4.79 Å². The van der Waals surface area contributed by atoms with Gasteiger partial charge in [0.15, 0.2) is 0 Å². The minimum absolute atomic E-state index is 0.117. The van der Waals surface area contributed by atoms with Gasteiger partial charge in [-0.2, -0.15) is 0 Å². The monoisotopic (exact) mass is 179 g/mol. The Balaban J connectivity index is 2.13. The maximum Gasteiger partial charge on any atom is 0.224 e. The number of rotatable bonds is 1. The molecule has 13 heavy (non-hydrogen) atoms. The Morgan fingerprint density at radius 2 is 2.62 bits per heavy atom. The van der Waals surface area contributed by atoms with E-state index in [1.807, 2.05) is 6.20 Å². The molecule has 1 aromatic heterocycles. The van der Waals surface area contributed by atoms with Crippen molar-refractivity contribution in [3.63, 3.8) is 0 Å². The van der Waals surface area contributed by atoms with E-state index < -0.39 is 0 Å². The lowest BCUT2D eigenvalue weighted by Gasteiger charge is -2.22. The first-order valence-corrected chi connectivity index (χ1v) is 4.53. The number of aryl methyl sites for hydroxylation is 1. The molecule has 1 aliphatic rings. The predicted molar refractivity (Wildman–Crippen MR) is 48.1 cm³/mol. The minimum Gasteiger partial charge on any atom is -0.359 e. The molecule has 1 amide bonds. The topological polar surface area (TPSA) is 46.9 Å². The van der Waals surface area contributed by atoms with E-state index in [2.05, 4.69) is 14.9 Å². The third-order valence-corrected chi connectivity index (χ3v) is 2.55. The van der Waals surface area contributed by atoms with Crippen LogP contribution in [0.2, 0.25) is 0 Å². The lowest BCUT2D eigenvalue weighted by molar-refractivity contribution is -0.125. The molecule has 0 fully saturated rings. The Bertz CT molecular complexity index is 318. The van der Waals surface area contributed by atoms with Crippen LogP contribution in [0.1, 0.15) is 12.2 Å². The smallest absolute Gasteiger partial charge is 0.224 e. The summed E-state index contributed by atoms with van der Waals surface area (Å²) < 4.78 is 2.06. The van der Waals surface area contributed by atoms with E-state index in [0.717, 1.165) is 25.2 Å². The summed E-state index contributed by atoms with van der Waals surface area (Å²) in [4.78, 5) is 15.6. The van der Waals surface area contributed by atoms with Crippen molar-refractivity contribution in [2.45, 2.75) is 19.4 Å². The number of nitrogens with zero attached hydrogens (tertiary/aromatic N) is 2. The second-order valence-corrected chi connectivity index (χ2v) is 3.35. The predicted octanol–water partition coefficient (Wildman–Crippen LogP) is 0.191. The van der Waals surface area contributed by atoms with E-state index in [0.29, 0.717) is 0 Å². The van der Waals surface area contributed by atoms with E-state index in [1.165, 1.54) is 0 Å². The average molecular weight is 179 g/mol. The van der Waals surface area contributed by atoms with Crippen molar-refractivity contribution >= 4 is 5.91 Å². The van der Waals surface area contributed by atoms with Gasteiger partial charge in [-0.05, 0) is 6.42 Å². The number of carbonyl (C=O) groups is 1. The van der Waals surface area contributed by atoms with E-state index >= 15 is 0 Å². The maximum atomic E-state index is 11.4. The molecule has 1 N–H and O–H groups in total. The number of hydrogen-bond acceptors (Lipinski definition) is 2. The van der Waals surface area contributed by atoms with Gasteiger partial charge in [0, 0.05) is 32.4 Å². The molecule has 70 valence electrons. The van der Waals surface area contributed by atoms with Gasteiger partial charge in [0.05, 0.1) is 5.92 Å². The Hall–Kier alpha value is -1.32. The molecule has 1 aliphatic heterocycles. The van der Waals surface area contributed by atoms with Crippen LogP contribution >= 0.6 is 0 Å². The highest BCUT2D eigenvalue weighted by molar-refractivity contribution is 5.78. The van der Waals surface area contributed by atoms with Gasteiger partial charge in [-0.25, -0.2) is 4.98 Å². The molecule has 4 nitrogen and oxygen atoms in total. The van der Waals surface area contributed by atoms with Crippen molar-refractivity contribution in [3.05, 3.63) is 18.2 Å². The molecule has 0 bridgehead atoms. The summed E-state index contributed by atoms with van der Waals surface area (Å²) in [6, 6.07) is 0. The van der Waals surface area contributed by atoms with Crippen LogP contribution in [0.25, 0.3) is 0 Å². The summed E-state index contributed by atoms with van der Waals surface area (Å²) >= 11 is 0. The Kier molecular flexibility index (Phi) is 2.04. The van der Waals surface area contributed by atoms with Crippen LogP contribution in [0.15, 0.2) is 12.4 Å². The first kappa shape index (κ1) is 8.29. The molecule has 0 saturated heterocycles. The molecule has 0 spiro atoms. The molecule has 0 aliphatic carbocycles. The van der Waals surface area contributed by atoms with E-state index in [4.69, 9.17) is 0 Å². The second-order valence-electron chi connectivity index (χ2n) is 3.35. The summed E-state index contributed by atoms with van der Waals surface area (Å²) in [7, 11) is 1.69. The molecule has 4 heteroatoms. The van der Waals surface area contributed by atoms with Crippen LogP contribution in [0.3, 0.4) is 0 Å². The van der Waals surface area contributed by atoms with Crippen LogP contribution in [0, 0.1) is 5.92 Å². The zero-order valence-corrected chi connectivity index (χ0v) is 7.66. The van der Waals surface area contributed by atoms with Gasteiger partial charge < -0.3 is 9.88 Å². The van der Waals surface area contributed by atoms with E-state index in [1.54, 1.807) is 13.2 Å². The number of aromatic nitrogens is 2. The third kappa shape index (κ3) is 1.43. The van der Waals surface area contributed by atoms with Crippen LogP contribution in [0.5, 0.6) is 0 Å². The molecular weight excluding hydrogens is 166 g/mol. The van der Waals surface area contributed by atoms with Gasteiger partial charge >= 0.3 is 0 Å². The molecular formula is C9H13N3O. The molecule has 1 unspecified atom stereocenters. The Morgan fingerprint density at radius 3 is 3.38 bits per heavy atom. The fraction of sp³-hybridized carbons (Fsp3) is 0.556. The molecule has 2 rings (SSSR count). The van der Waals surface area contributed by atoms with Crippen LogP contribution < -0.4 is 5.32 Å². The normalized spacial score (nSPS) is 20.8. The van der Waals surface area contributed by atoms with Gasteiger partial charge in [-0.3, -0.25) is 4.79 Å². The number of amides is 1. The van der Waals surface area contributed by atoms with Gasteiger partial charge in [-0.15, -0.1) is 0 Å². The number of imidazole rings is 1. The Morgan fingerprint density at radius 1 is 1.77 bits per heavy atom. The van der Waals surface area contributed by atoms with Crippen molar-refractivity contribution in [1.29, 1.82) is 0 Å². The zero-order valence-electron chi connectivity index (χ0n) is 7.66. The summed E-state index contributed by atoms with van der Waals surface area (Å²) in [6.07, 6.45) is 5.55. The minimum atomic E-state index is 0.117. The zero-order chi connectivity index (χ0) is 9.26. The maximum absolute atomic E-state index is 11.4. The molecule has 0 aromatic carbocycles. The third-order valence-electron chi connectivity index (χ3n) is 2.55. The molecule has 0 radical (unpaired) electrons. The lowest BCUT2D eigenvalue weighted by Crippen LogP contribution is -2.33. The first-order chi connectivity index (χ1) is 6.31. The number of fused-ring (bicyclic) bond motifs is 1. The van der Waals surface area contributed by atoms with Crippen molar-refractivity contribution in [2.24, 2.45) is 5.92 Å². The number of hydrogen-bond donors (Lipinski definition) is 1. The van der Waals surface area contributed by atoms with Crippen LogP contribution in [-0.2, 0) is 17.8 Å². The number of carbonyl (C=O) groups excluding carboxylic acids is 1. The summed E-state index contributed by atoms with van der Waals surface area (Å²) in [5, 5.41) is 2.68. The SMILES string of the molecule is CNC(=O)C1CCc2nccn2C1.